The van der Waals surface area contributed by atoms with Crippen molar-refractivity contribution in [2.24, 2.45) is 0 Å². The molecule has 0 spiro atoms. The lowest BCUT2D eigenvalue weighted by atomic mass is 10.1. The van der Waals surface area contributed by atoms with E-state index < -0.39 is 0 Å². The Morgan fingerprint density at radius 1 is 1.41 bits per heavy atom. The van der Waals surface area contributed by atoms with Crippen LogP contribution in [0, 0.1) is 0 Å². The van der Waals surface area contributed by atoms with Gasteiger partial charge in [-0.1, -0.05) is 6.08 Å². The van der Waals surface area contributed by atoms with Gasteiger partial charge in [-0.25, -0.2) is 0 Å². The smallest absolute Gasteiger partial charge is 0.257 e. The number of carbonyl (C=O) groups is 1. The van der Waals surface area contributed by atoms with Crippen LogP contribution in [0.4, 0.5) is 0 Å². The molecule has 0 unspecified atom stereocenters. The molecule has 4 nitrogen and oxygen atoms in total. The summed E-state index contributed by atoms with van der Waals surface area (Å²) in [5.41, 5.74) is 2.01. The lowest BCUT2D eigenvalue weighted by Crippen LogP contribution is -2.34. The molecule has 2 aromatic rings. The molecule has 2 heterocycles. The molecule has 0 aromatic carbocycles. The molecule has 3 rings (SSSR count). The molecule has 0 fully saturated rings. The molecule has 0 saturated heterocycles. The first-order valence-corrected chi connectivity index (χ1v) is 8.36. The number of amides is 1. The fourth-order valence-corrected chi connectivity index (χ4v) is 4.32. The van der Waals surface area contributed by atoms with E-state index >= 15 is 0 Å². The van der Waals surface area contributed by atoms with Crippen molar-refractivity contribution in [3.63, 3.8) is 0 Å². The molecule has 1 amide bonds. The summed E-state index contributed by atoms with van der Waals surface area (Å²) in [4.78, 5) is 16.0. The van der Waals surface area contributed by atoms with Gasteiger partial charge in [0.1, 0.15) is 5.00 Å². The van der Waals surface area contributed by atoms with Crippen molar-refractivity contribution in [2.75, 3.05) is 19.7 Å². The van der Waals surface area contributed by atoms with Crippen molar-refractivity contribution in [1.29, 1.82) is 0 Å². The van der Waals surface area contributed by atoms with Gasteiger partial charge in [-0.2, -0.15) is 0 Å². The number of carbonyl (C=O) groups excluding carboxylic acids is 1. The number of thiophene rings is 1. The maximum Gasteiger partial charge on any atom is 0.257 e. The molecule has 0 bridgehead atoms. The lowest BCUT2D eigenvalue weighted by molar-refractivity contribution is 0.0742. The minimum absolute atomic E-state index is 0.00273. The standard InChI is InChI=1S/C17H20N2O2S/c1-2-8-18(11-12-20)16(21)15-13-6-5-7-14(13)22-17(15)19-9-3-4-10-19/h2-4,9-10,20H,1,5-8,11-12H2. The van der Waals surface area contributed by atoms with Gasteiger partial charge in [0.2, 0.25) is 0 Å². The summed E-state index contributed by atoms with van der Waals surface area (Å²) < 4.78 is 2.02. The third kappa shape index (κ3) is 2.62. The van der Waals surface area contributed by atoms with E-state index in [1.807, 2.05) is 29.1 Å². The molecule has 0 atom stereocenters. The first-order chi connectivity index (χ1) is 10.8. The molecule has 0 radical (unpaired) electrons. The number of hydrogen-bond acceptors (Lipinski definition) is 3. The van der Waals surface area contributed by atoms with Gasteiger partial charge >= 0.3 is 0 Å². The summed E-state index contributed by atoms with van der Waals surface area (Å²) in [6, 6.07) is 3.93. The van der Waals surface area contributed by atoms with Gasteiger partial charge < -0.3 is 14.6 Å². The average Bonchev–Trinajstić information content (AvgIpc) is 3.21. The highest BCUT2D eigenvalue weighted by Gasteiger charge is 2.29. The Morgan fingerprint density at radius 3 is 2.86 bits per heavy atom. The van der Waals surface area contributed by atoms with Crippen LogP contribution in [0.5, 0.6) is 0 Å². The number of fused-ring (bicyclic) bond motifs is 1. The molecule has 22 heavy (non-hydrogen) atoms. The molecule has 1 N–H and O–H groups in total. The zero-order valence-electron chi connectivity index (χ0n) is 12.5. The molecule has 116 valence electrons. The van der Waals surface area contributed by atoms with Crippen LogP contribution >= 0.6 is 11.3 Å². The summed E-state index contributed by atoms with van der Waals surface area (Å²) in [5.74, 6) is -0.00273. The summed E-state index contributed by atoms with van der Waals surface area (Å²) >= 11 is 1.72. The second kappa shape index (κ2) is 6.50. The fraction of sp³-hybridized carbons (Fsp3) is 0.353. The Labute approximate surface area is 134 Å². The second-order valence-corrected chi connectivity index (χ2v) is 6.47. The van der Waals surface area contributed by atoms with E-state index in [-0.39, 0.29) is 12.5 Å². The SMILES string of the molecule is C=CCN(CCO)C(=O)c1c(-n2cccc2)sc2c1CCC2. The Kier molecular flexibility index (Phi) is 4.45. The number of aliphatic hydroxyl groups excluding tert-OH is 1. The third-order valence-corrected chi connectivity index (χ3v) is 5.27. The quantitative estimate of drug-likeness (QED) is 0.833. The van der Waals surface area contributed by atoms with E-state index in [2.05, 4.69) is 6.58 Å². The van der Waals surface area contributed by atoms with Gasteiger partial charge in [0.15, 0.2) is 0 Å². The fourth-order valence-electron chi connectivity index (χ4n) is 2.97. The summed E-state index contributed by atoms with van der Waals surface area (Å²) in [5, 5.41) is 10.2. The zero-order valence-corrected chi connectivity index (χ0v) is 13.3. The van der Waals surface area contributed by atoms with Crippen molar-refractivity contribution in [1.82, 2.24) is 9.47 Å². The van der Waals surface area contributed by atoms with Crippen LogP contribution in [0.25, 0.3) is 5.00 Å². The van der Waals surface area contributed by atoms with Crippen LogP contribution < -0.4 is 0 Å². The molecular weight excluding hydrogens is 296 g/mol. The van der Waals surface area contributed by atoms with E-state index in [1.165, 1.54) is 10.4 Å². The summed E-state index contributed by atoms with van der Waals surface area (Å²) in [6.45, 7) is 4.46. The Morgan fingerprint density at radius 2 is 2.18 bits per heavy atom. The highest BCUT2D eigenvalue weighted by atomic mass is 32.1. The van der Waals surface area contributed by atoms with Gasteiger partial charge in [-0.3, -0.25) is 4.79 Å². The van der Waals surface area contributed by atoms with Gasteiger partial charge in [-0.05, 0) is 37.0 Å². The minimum Gasteiger partial charge on any atom is -0.395 e. The normalized spacial score (nSPS) is 13.1. The highest BCUT2D eigenvalue weighted by Crippen LogP contribution is 2.38. The first kappa shape index (κ1) is 15.1. The van der Waals surface area contributed by atoms with Gasteiger partial charge in [0.05, 0.1) is 12.2 Å². The van der Waals surface area contributed by atoms with Gasteiger partial charge in [-0.15, -0.1) is 17.9 Å². The largest absolute Gasteiger partial charge is 0.395 e. The molecule has 1 aliphatic carbocycles. The number of aromatic nitrogens is 1. The van der Waals surface area contributed by atoms with E-state index in [0.717, 1.165) is 29.8 Å². The predicted octanol–water partition coefficient (Wildman–Crippen LogP) is 2.65. The average molecular weight is 316 g/mol. The maximum absolute atomic E-state index is 13.0. The van der Waals surface area contributed by atoms with Crippen molar-refractivity contribution in [2.45, 2.75) is 19.3 Å². The highest BCUT2D eigenvalue weighted by molar-refractivity contribution is 7.15. The molecular formula is C17H20N2O2S. The molecule has 2 aromatic heterocycles. The number of hydrogen-bond donors (Lipinski definition) is 1. The van der Waals surface area contributed by atoms with Crippen LogP contribution in [0.3, 0.4) is 0 Å². The van der Waals surface area contributed by atoms with E-state index in [0.29, 0.717) is 13.1 Å². The van der Waals surface area contributed by atoms with Crippen molar-refractivity contribution in [3.8, 4) is 5.00 Å². The van der Waals surface area contributed by atoms with Gasteiger partial charge in [0.25, 0.3) is 5.91 Å². The topological polar surface area (TPSA) is 45.5 Å². The number of aliphatic hydroxyl groups is 1. The van der Waals surface area contributed by atoms with Crippen LogP contribution in [0.15, 0.2) is 37.2 Å². The van der Waals surface area contributed by atoms with Crippen LogP contribution in [-0.4, -0.2) is 40.2 Å². The lowest BCUT2D eigenvalue weighted by Gasteiger charge is -2.21. The number of aryl methyl sites for hydroxylation is 1. The van der Waals surface area contributed by atoms with E-state index in [1.54, 1.807) is 22.3 Å². The summed E-state index contributed by atoms with van der Waals surface area (Å²) in [7, 11) is 0. The Hall–Kier alpha value is -1.85. The van der Waals surface area contributed by atoms with Crippen molar-refractivity contribution >= 4 is 17.2 Å². The predicted molar refractivity (Wildman–Crippen MR) is 88.9 cm³/mol. The maximum atomic E-state index is 13.0. The first-order valence-electron chi connectivity index (χ1n) is 7.55. The van der Waals surface area contributed by atoms with Gasteiger partial charge in [0, 0.05) is 30.4 Å². The van der Waals surface area contributed by atoms with E-state index in [4.69, 9.17) is 0 Å². The number of rotatable bonds is 6. The third-order valence-electron chi connectivity index (χ3n) is 3.96. The van der Waals surface area contributed by atoms with Crippen LogP contribution in [0.2, 0.25) is 0 Å². The number of nitrogens with zero attached hydrogens (tertiary/aromatic N) is 2. The minimum atomic E-state index is -0.0369. The second-order valence-electron chi connectivity index (χ2n) is 5.39. The van der Waals surface area contributed by atoms with Crippen LogP contribution in [0.1, 0.15) is 27.2 Å². The molecule has 1 aliphatic rings. The van der Waals surface area contributed by atoms with Crippen molar-refractivity contribution < 1.29 is 9.90 Å². The molecule has 0 saturated carbocycles. The summed E-state index contributed by atoms with van der Waals surface area (Å²) in [6.07, 6.45) is 8.80. The monoisotopic (exact) mass is 316 g/mol. The molecule has 0 aliphatic heterocycles. The van der Waals surface area contributed by atoms with E-state index in [9.17, 15) is 9.90 Å². The Bertz CT molecular complexity index is 673. The zero-order chi connectivity index (χ0) is 15.5. The molecule has 5 heteroatoms. The van der Waals surface area contributed by atoms with Crippen molar-refractivity contribution in [3.05, 3.63) is 53.2 Å². The van der Waals surface area contributed by atoms with Crippen LogP contribution in [-0.2, 0) is 12.8 Å². The Balaban J connectivity index is 2.04.